The molecule has 0 N–H and O–H groups in total. The van der Waals surface area contributed by atoms with E-state index in [0.29, 0.717) is 4.48 Å². The Balaban J connectivity index is 4.84. The zero-order valence-electron chi connectivity index (χ0n) is 21.0. The van der Waals surface area contributed by atoms with Crippen LogP contribution in [-0.4, -0.2) is 43.8 Å². The van der Waals surface area contributed by atoms with Crippen molar-refractivity contribution in [3.63, 3.8) is 0 Å². The molecule has 0 unspecified atom stereocenters. The molecule has 0 fully saturated rings. The summed E-state index contributed by atoms with van der Waals surface area (Å²) in [7, 11) is -4.65. The summed E-state index contributed by atoms with van der Waals surface area (Å²) in [6, 6.07) is 0. The molecule has 0 atom stereocenters. The predicted octanol–water partition coefficient (Wildman–Crippen LogP) is 7.32. The SMILES string of the molecule is CCCCCCCC[N+](CCCCCCCC)(CCCCCCCC)COS(=O)(=O)[O-]. The van der Waals surface area contributed by atoms with Gasteiger partial charge in [-0.2, -0.15) is 0 Å². The fourth-order valence-electron chi connectivity index (χ4n) is 4.39. The van der Waals surface area contributed by atoms with Crippen LogP contribution in [0.5, 0.6) is 0 Å². The van der Waals surface area contributed by atoms with Crippen LogP contribution in [0.2, 0.25) is 0 Å². The molecule has 188 valence electrons. The average Bonchev–Trinajstić information content (AvgIpc) is 2.73. The maximum atomic E-state index is 11.2. The molecule has 31 heavy (non-hydrogen) atoms. The minimum Gasteiger partial charge on any atom is -0.725 e. The van der Waals surface area contributed by atoms with E-state index < -0.39 is 10.4 Å². The summed E-state index contributed by atoms with van der Waals surface area (Å²) >= 11 is 0. The van der Waals surface area contributed by atoms with Crippen molar-refractivity contribution >= 4 is 10.4 Å². The molecule has 0 aliphatic rings. The third-order valence-electron chi connectivity index (χ3n) is 6.43. The molecule has 6 heteroatoms. The highest BCUT2D eigenvalue weighted by atomic mass is 32.3. The van der Waals surface area contributed by atoms with Crippen molar-refractivity contribution in [1.82, 2.24) is 0 Å². The van der Waals surface area contributed by atoms with Crippen LogP contribution in [0, 0.1) is 0 Å². The van der Waals surface area contributed by atoms with Gasteiger partial charge in [-0.05, 0) is 38.5 Å². The van der Waals surface area contributed by atoms with Crippen molar-refractivity contribution in [2.45, 2.75) is 136 Å². The van der Waals surface area contributed by atoms with E-state index in [1.807, 2.05) is 0 Å². The molecule has 0 rings (SSSR count). The highest BCUT2D eigenvalue weighted by Crippen LogP contribution is 2.19. The second-order valence-corrected chi connectivity index (χ2v) is 10.5. The summed E-state index contributed by atoms with van der Waals surface area (Å²) in [5.74, 6) is 0. The van der Waals surface area contributed by atoms with E-state index in [1.165, 1.54) is 96.3 Å². The minimum absolute atomic E-state index is 0.0186. The molecule has 0 bridgehead atoms. The van der Waals surface area contributed by atoms with E-state index in [1.54, 1.807) is 0 Å². The number of nitrogens with zero attached hydrogens (tertiary/aromatic N) is 1. The Hall–Kier alpha value is -0.170. The molecule has 0 saturated carbocycles. The van der Waals surface area contributed by atoms with Crippen LogP contribution in [0.25, 0.3) is 0 Å². The van der Waals surface area contributed by atoms with Crippen LogP contribution in [0.1, 0.15) is 136 Å². The van der Waals surface area contributed by atoms with Crippen molar-refractivity contribution < 1.29 is 21.6 Å². The zero-order chi connectivity index (χ0) is 23.3. The average molecular weight is 464 g/mol. The van der Waals surface area contributed by atoms with Gasteiger partial charge in [0.15, 0.2) is 6.73 Å². The van der Waals surface area contributed by atoms with Crippen molar-refractivity contribution in [3.05, 3.63) is 0 Å². The molecule has 0 aliphatic carbocycles. The maximum Gasteiger partial charge on any atom is 0.222 e. The zero-order valence-corrected chi connectivity index (χ0v) is 21.9. The van der Waals surface area contributed by atoms with Crippen molar-refractivity contribution in [3.8, 4) is 0 Å². The van der Waals surface area contributed by atoms with Crippen LogP contribution in [-0.2, 0) is 14.6 Å². The molecule has 5 nitrogen and oxygen atoms in total. The monoisotopic (exact) mass is 463 g/mol. The topological polar surface area (TPSA) is 66.4 Å². The van der Waals surface area contributed by atoms with Crippen LogP contribution >= 0.6 is 0 Å². The Kier molecular flexibility index (Phi) is 20.3. The lowest BCUT2D eigenvalue weighted by molar-refractivity contribution is -0.943. The largest absolute Gasteiger partial charge is 0.725 e. The highest BCUT2D eigenvalue weighted by molar-refractivity contribution is 7.80. The van der Waals surface area contributed by atoms with Gasteiger partial charge in [0.2, 0.25) is 10.4 Å². The first kappa shape index (κ1) is 30.8. The number of unbranched alkanes of at least 4 members (excludes halogenated alkanes) is 15. The Labute approximate surface area is 194 Å². The molecule has 0 radical (unpaired) electrons. The molecule has 0 aromatic rings. The summed E-state index contributed by atoms with van der Waals surface area (Å²) in [6.45, 7) is 9.46. The van der Waals surface area contributed by atoms with Crippen LogP contribution < -0.4 is 0 Å². The lowest BCUT2D eigenvalue weighted by Crippen LogP contribution is -2.52. The van der Waals surface area contributed by atoms with Gasteiger partial charge in [0.05, 0.1) is 19.6 Å². The minimum atomic E-state index is -4.65. The summed E-state index contributed by atoms with van der Waals surface area (Å²) in [5, 5.41) is 0. The fourth-order valence-corrected chi connectivity index (χ4v) is 4.74. The number of hydrogen-bond donors (Lipinski definition) is 0. The third-order valence-corrected chi connectivity index (χ3v) is 6.82. The summed E-state index contributed by atoms with van der Waals surface area (Å²) in [6.07, 6.45) is 21.9. The highest BCUT2D eigenvalue weighted by Gasteiger charge is 2.27. The van der Waals surface area contributed by atoms with Gasteiger partial charge >= 0.3 is 0 Å². The fraction of sp³-hybridized carbons (Fsp3) is 1.00. The van der Waals surface area contributed by atoms with Gasteiger partial charge in [-0.15, -0.1) is 0 Å². The molecule has 0 heterocycles. The van der Waals surface area contributed by atoms with E-state index >= 15 is 0 Å². The van der Waals surface area contributed by atoms with E-state index in [2.05, 4.69) is 20.8 Å². The van der Waals surface area contributed by atoms with Crippen molar-refractivity contribution in [1.29, 1.82) is 0 Å². The molecule has 0 aromatic carbocycles. The van der Waals surface area contributed by atoms with Crippen LogP contribution in [0.4, 0.5) is 0 Å². The summed E-state index contributed by atoms with van der Waals surface area (Å²) < 4.78 is 39.2. The first-order valence-electron chi connectivity index (χ1n) is 13.3. The lowest BCUT2D eigenvalue weighted by atomic mass is 10.1. The van der Waals surface area contributed by atoms with Crippen LogP contribution in [0.15, 0.2) is 0 Å². The quantitative estimate of drug-likeness (QED) is 0.0494. The van der Waals surface area contributed by atoms with Crippen molar-refractivity contribution in [2.24, 2.45) is 0 Å². The molecule has 0 saturated heterocycles. The smallest absolute Gasteiger partial charge is 0.222 e. The van der Waals surface area contributed by atoms with Gasteiger partial charge in [0, 0.05) is 0 Å². The molecular formula is C25H53NO4S. The standard InChI is InChI=1S/C25H53NO4S/c1-4-7-10-13-16-19-22-26(25-30-31(27,28)29,23-20-17-14-11-8-5-2)24-21-18-15-12-9-6-3/h4-25H2,1-3H3. The molecule has 0 amide bonds. The van der Waals surface area contributed by atoms with Crippen molar-refractivity contribution in [2.75, 3.05) is 26.4 Å². The first-order valence-corrected chi connectivity index (χ1v) is 14.7. The molecule has 0 spiro atoms. The Morgan fingerprint density at radius 2 is 0.839 bits per heavy atom. The Bertz CT molecular complexity index is 441. The molecular weight excluding hydrogens is 410 g/mol. The van der Waals surface area contributed by atoms with E-state index in [-0.39, 0.29) is 6.73 Å². The summed E-state index contributed by atoms with van der Waals surface area (Å²) in [4.78, 5) is 0. The summed E-state index contributed by atoms with van der Waals surface area (Å²) in [5.41, 5.74) is 0. The lowest BCUT2D eigenvalue weighted by Gasteiger charge is -2.38. The van der Waals surface area contributed by atoms with Gasteiger partial charge in [-0.1, -0.05) is 97.8 Å². The third kappa shape index (κ3) is 20.2. The van der Waals surface area contributed by atoms with Gasteiger partial charge in [-0.3, -0.25) is 0 Å². The number of rotatable bonds is 24. The second-order valence-electron chi connectivity index (χ2n) is 9.47. The van der Waals surface area contributed by atoms with Gasteiger partial charge < -0.3 is 9.04 Å². The maximum absolute atomic E-state index is 11.2. The molecule has 0 aromatic heterocycles. The normalized spacial score (nSPS) is 12.5. The predicted molar refractivity (Wildman–Crippen MR) is 131 cm³/mol. The Morgan fingerprint density at radius 3 is 1.13 bits per heavy atom. The van der Waals surface area contributed by atoms with E-state index in [4.69, 9.17) is 4.18 Å². The number of hydrogen-bond acceptors (Lipinski definition) is 4. The first-order chi connectivity index (χ1) is 14.9. The van der Waals surface area contributed by atoms with Gasteiger partial charge in [0.1, 0.15) is 0 Å². The van der Waals surface area contributed by atoms with E-state index in [0.717, 1.165) is 38.9 Å². The Morgan fingerprint density at radius 1 is 0.548 bits per heavy atom. The van der Waals surface area contributed by atoms with Crippen LogP contribution in [0.3, 0.4) is 0 Å². The molecule has 0 aliphatic heterocycles. The van der Waals surface area contributed by atoms with Gasteiger partial charge in [-0.25, -0.2) is 12.6 Å². The van der Waals surface area contributed by atoms with E-state index in [9.17, 15) is 13.0 Å². The number of quaternary nitrogens is 1. The van der Waals surface area contributed by atoms with Gasteiger partial charge in [0.25, 0.3) is 0 Å². The second kappa shape index (κ2) is 20.4.